The predicted octanol–water partition coefficient (Wildman–Crippen LogP) is 3.58. The van der Waals surface area contributed by atoms with Gasteiger partial charge in [-0.05, 0) is 49.9 Å². The Labute approximate surface area is 223 Å². The van der Waals surface area contributed by atoms with E-state index in [1.807, 2.05) is 39.0 Å². The molecule has 0 spiro atoms. The van der Waals surface area contributed by atoms with Crippen molar-refractivity contribution in [2.45, 2.75) is 46.3 Å². The van der Waals surface area contributed by atoms with Crippen LogP contribution in [0, 0.1) is 0 Å². The number of nitrogens with two attached hydrogens (primary N) is 1. The van der Waals surface area contributed by atoms with Crippen molar-refractivity contribution in [2.24, 2.45) is 5.73 Å². The van der Waals surface area contributed by atoms with Crippen molar-refractivity contribution in [3.8, 4) is 11.5 Å². The number of aromatic nitrogens is 1. The lowest BCUT2D eigenvalue weighted by Gasteiger charge is -2.24. The molecule has 0 saturated heterocycles. The van der Waals surface area contributed by atoms with Crippen molar-refractivity contribution in [3.63, 3.8) is 0 Å². The zero-order valence-electron chi connectivity index (χ0n) is 22.4. The second-order valence-corrected chi connectivity index (χ2v) is 11.1. The monoisotopic (exact) mass is 544 g/mol. The molecule has 1 aromatic heterocycles. The average Bonchev–Trinajstić information content (AvgIpc) is 2.86. The molecule has 0 aliphatic carbocycles. The van der Waals surface area contributed by atoms with Gasteiger partial charge in [0.1, 0.15) is 0 Å². The number of aliphatic hydroxyl groups excluding tert-OH is 1. The van der Waals surface area contributed by atoms with Crippen LogP contribution in [-0.2, 0) is 23.1 Å². The molecule has 38 heavy (non-hydrogen) atoms. The number of aliphatic hydroxyl groups is 1. The number of benzene rings is 2. The maximum absolute atomic E-state index is 12.3. The highest BCUT2D eigenvalue weighted by Crippen LogP contribution is 2.38. The van der Waals surface area contributed by atoms with E-state index in [1.165, 1.54) is 23.9 Å². The van der Waals surface area contributed by atoms with Gasteiger partial charge in [0, 0.05) is 35.9 Å². The minimum absolute atomic E-state index is 0.105. The molecule has 0 bridgehead atoms. The Morgan fingerprint density at radius 2 is 1.97 bits per heavy atom. The van der Waals surface area contributed by atoms with Gasteiger partial charge < -0.3 is 25.6 Å². The fourth-order valence-electron chi connectivity index (χ4n) is 4.46. The molecule has 0 aliphatic rings. The summed E-state index contributed by atoms with van der Waals surface area (Å²) in [5.41, 5.74) is 9.36. The fraction of sp³-hybridized carbons (Fsp3) is 0.407. The molecule has 0 radical (unpaired) electrons. The lowest BCUT2D eigenvalue weighted by Crippen LogP contribution is -2.37. The zero-order valence-corrected chi connectivity index (χ0v) is 23.3. The Balaban J connectivity index is 1.97. The van der Waals surface area contributed by atoms with Gasteiger partial charge in [-0.15, -0.1) is 0 Å². The van der Waals surface area contributed by atoms with E-state index in [0.29, 0.717) is 47.5 Å². The number of ether oxygens (including phenoxy) is 2. The summed E-state index contributed by atoms with van der Waals surface area (Å²) in [4.78, 5) is 16.7. The second kappa shape index (κ2) is 12.4. The summed E-state index contributed by atoms with van der Waals surface area (Å²) in [6.45, 7) is 6.13. The molecule has 206 valence electrons. The van der Waals surface area contributed by atoms with Crippen LogP contribution in [0.1, 0.15) is 48.7 Å². The minimum Gasteiger partial charge on any atom is -0.493 e. The van der Waals surface area contributed by atoms with Crippen LogP contribution in [-0.4, -0.2) is 61.3 Å². The first kappa shape index (κ1) is 29.2. The van der Waals surface area contributed by atoms with Crippen molar-refractivity contribution in [2.75, 3.05) is 31.8 Å². The molecular weight excluding hydrogens is 508 g/mol. The molecule has 0 aliphatic heterocycles. The Bertz CT molecular complexity index is 1410. The number of carbonyl (C=O) groups is 1. The second-order valence-electron chi connectivity index (χ2n) is 9.18. The van der Waals surface area contributed by atoms with E-state index >= 15 is 0 Å². The SMILES string of the molecule is CCc1c(CO)cccc1Nc1c(C(N)=O)cnc2cc(OCCCN(C(C)C)S(C)(=O)=O)c(OC)cc12. The topological polar surface area (TPSA) is 144 Å². The van der Waals surface area contributed by atoms with Crippen molar-refractivity contribution in [3.05, 3.63) is 53.2 Å². The third-order valence-electron chi connectivity index (χ3n) is 6.26. The van der Waals surface area contributed by atoms with Crippen molar-refractivity contribution >= 4 is 38.2 Å². The van der Waals surface area contributed by atoms with Gasteiger partial charge in [0.15, 0.2) is 11.5 Å². The molecule has 1 amide bonds. The van der Waals surface area contributed by atoms with Crippen LogP contribution in [0.15, 0.2) is 36.5 Å². The highest BCUT2D eigenvalue weighted by atomic mass is 32.2. The van der Waals surface area contributed by atoms with Crippen molar-refractivity contribution in [1.82, 2.24) is 9.29 Å². The van der Waals surface area contributed by atoms with Crippen LogP contribution in [0.5, 0.6) is 11.5 Å². The van der Waals surface area contributed by atoms with Crippen LogP contribution < -0.4 is 20.5 Å². The lowest BCUT2D eigenvalue weighted by molar-refractivity contribution is 0.100. The molecule has 1 heterocycles. The third-order valence-corrected chi connectivity index (χ3v) is 7.71. The minimum atomic E-state index is -3.32. The normalized spacial score (nSPS) is 11.8. The highest BCUT2D eigenvalue weighted by Gasteiger charge is 2.21. The molecule has 0 fully saturated rings. The number of carbonyl (C=O) groups excluding carboxylic acids is 1. The molecule has 10 nitrogen and oxygen atoms in total. The van der Waals surface area contributed by atoms with E-state index < -0.39 is 15.9 Å². The number of primary amides is 1. The average molecular weight is 545 g/mol. The number of methoxy groups -OCH3 is 1. The Kier molecular flexibility index (Phi) is 9.53. The summed E-state index contributed by atoms with van der Waals surface area (Å²) in [5, 5.41) is 13.7. The number of fused-ring (bicyclic) bond motifs is 1. The Hall–Kier alpha value is -3.41. The molecule has 0 saturated carbocycles. The van der Waals surface area contributed by atoms with Gasteiger partial charge in [-0.3, -0.25) is 9.78 Å². The fourth-order valence-corrected chi connectivity index (χ4v) is 5.68. The quantitative estimate of drug-likeness (QED) is 0.277. The van der Waals surface area contributed by atoms with Crippen LogP contribution in [0.25, 0.3) is 10.9 Å². The number of sulfonamides is 1. The first-order valence-electron chi connectivity index (χ1n) is 12.4. The van der Waals surface area contributed by atoms with Crippen molar-refractivity contribution in [1.29, 1.82) is 0 Å². The highest BCUT2D eigenvalue weighted by molar-refractivity contribution is 7.88. The maximum Gasteiger partial charge on any atom is 0.252 e. The largest absolute Gasteiger partial charge is 0.493 e. The summed E-state index contributed by atoms with van der Waals surface area (Å²) >= 11 is 0. The molecule has 3 aromatic rings. The van der Waals surface area contributed by atoms with Gasteiger partial charge in [-0.2, -0.15) is 4.31 Å². The van der Waals surface area contributed by atoms with Gasteiger partial charge in [-0.1, -0.05) is 19.1 Å². The van der Waals surface area contributed by atoms with Gasteiger partial charge in [0.25, 0.3) is 5.91 Å². The van der Waals surface area contributed by atoms with E-state index in [0.717, 1.165) is 16.8 Å². The number of nitrogens with one attached hydrogen (secondary N) is 1. The predicted molar refractivity (Wildman–Crippen MR) is 149 cm³/mol. The summed E-state index contributed by atoms with van der Waals surface area (Å²) < 4.78 is 37.0. The van der Waals surface area contributed by atoms with Crippen LogP contribution in [0.2, 0.25) is 0 Å². The van der Waals surface area contributed by atoms with Crippen LogP contribution >= 0.6 is 0 Å². The molecule has 4 N–H and O–H groups in total. The van der Waals surface area contributed by atoms with Gasteiger partial charge in [0.05, 0.1) is 43.3 Å². The number of rotatable bonds is 13. The lowest BCUT2D eigenvalue weighted by atomic mass is 10.0. The number of hydrogen-bond acceptors (Lipinski definition) is 8. The first-order chi connectivity index (χ1) is 18.0. The first-order valence-corrected chi connectivity index (χ1v) is 14.2. The smallest absolute Gasteiger partial charge is 0.252 e. The van der Waals surface area contributed by atoms with E-state index in [4.69, 9.17) is 15.2 Å². The Morgan fingerprint density at radius 1 is 1.24 bits per heavy atom. The molecule has 0 atom stereocenters. The van der Waals surface area contributed by atoms with Crippen molar-refractivity contribution < 1.29 is 27.8 Å². The van der Waals surface area contributed by atoms with Crippen LogP contribution in [0.3, 0.4) is 0 Å². The Morgan fingerprint density at radius 3 is 2.55 bits per heavy atom. The molecule has 11 heteroatoms. The number of anilines is 2. The number of pyridine rings is 1. The van der Waals surface area contributed by atoms with E-state index in [-0.39, 0.29) is 24.8 Å². The summed E-state index contributed by atoms with van der Waals surface area (Å²) in [7, 11) is -1.81. The summed E-state index contributed by atoms with van der Waals surface area (Å²) in [6.07, 6.45) is 3.76. The molecule has 0 unspecified atom stereocenters. The number of nitrogens with zero attached hydrogens (tertiary/aromatic N) is 2. The van der Waals surface area contributed by atoms with Crippen LogP contribution in [0.4, 0.5) is 11.4 Å². The molecule has 2 aromatic carbocycles. The number of amides is 1. The summed E-state index contributed by atoms with van der Waals surface area (Å²) in [6, 6.07) is 8.85. The van der Waals surface area contributed by atoms with E-state index in [2.05, 4.69) is 10.3 Å². The van der Waals surface area contributed by atoms with Gasteiger partial charge >= 0.3 is 0 Å². The van der Waals surface area contributed by atoms with Gasteiger partial charge in [0.2, 0.25) is 10.0 Å². The molecule has 3 rings (SSSR count). The molecular formula is C27H36N4O6S. The zero-order chi connectivity index (χ0) is 28.0. The third kappa shape index (κ3) is 6.53. The standard InChI is InChI=1S/C27H36N4O6S/c1-6-19-18(16-32)9-7-10-22(19)30-26-20-13-24(36-4)25(14-23(20)29-15-21(26)27(28)33)37-12-8-11-31(17(2)3)38(5,34)35/h7,9-10,13-15,17,32H,6,8,11-12,16H2,1-5H3,(H2,28,33)(H,29,30). The summed E-state index contributed by atoms with van der Waals surface area (Å²) in [5.74, 6) is 0.225. The number of hydrogen-bond donors (Lipinski definition) is 3. The maximum atomic E-state index is 12.3. The van der Waals surface area contributed by atoms with Gasteiger partial charge in [-0.25, -0.2) is 8.42 Å². The van der Waals surface area contributed by atoms with E-state index in [1.54, 1.807) is 12.1 Å². The van der Waals surface area contributed by atoms with E-state index in [9.17, 15) is 18.3 Å².